The van der Waals surface area contributed by atoms with Crippen LogP contribution in [0, 0.1) is 0 Å². The van der Waals surface area contributed by atoms with E-state index in [0.717, 1.165) is 10.0 Å². The number of pyridine rings is 1. The lowest BCUT2D eigenvalue weighted by Crippen LogP contribution is -2.12. The monoisotopic (exact) mass is 360 g/mol. The number of primary amides is 1. The summed E-state index contributed by atoms with van der Waals surface area (Å²) in [7, 11) is 0. The van der Waals surface area contributed by atoms with Crippen LogP contribution in [0.4, 0.5) is 0 Å². The van der Waals surface area contributed by atoms with Crippen molar-refractivity contribution in [2.75, 3.05) is 0 Å². The van der Waals surface area contributed by atoms with E-state index >= 15 is 0 Å². The van der Waals surface area contributed by atoms with Crippen molar-refractivity contribution in [3.8, 4) is 11.3 Å². The summed E-state index contributed by atoms with van der Waals surface area (Å²) in [5.74, 6) is -0.499. The van der Waals surface area contributed by atoms with Crippen LogP contribution >= 0.6 is 27.5 Å². The van der Waals surface area contributed by atoms with Gasteiger partial charge < -0.3 is 5.73 Å². The average molecular weight is 362 g/mol. The maximum absolute atomic E-state index is 11.7. The number of nitrogens with zero attached hydrogens (tertiary/aromatic N) is 1. The van der Waals surface area contributed by atoms with Gasteiger partial charge in [0.2, 0.25) is 5.91 Å². The Morgan fingerprint density at radius 1 is 1.14 bits per heavy atom. The van der Waals surface area contributed by atoms with Gasteiger partial charge in [0.05, 0.1) is 16.8 Å². The summed E-state index contributed by atoms with van der Waals surface area (Å²) in [5, 5.41) is 1.20. The van der Waals surface area contributed by atoms with Gasteiger partial charge in [-0.1, -0.05) is 39.7 Å². The fourth-order valence-electron chi connectivity index (χ4n) is 2.20. The summed E-state index contributed by atoms with van der Waals surface area (Å²) in [4.78, 5) is 16.3. The number of carbonyl (C=O) groups is 1. The first-order valence-electron chi connectivity index (χ1n) is 6.20. The first-order valence-corrected chi connectivity index (χ1v) is 7.38. The third-order valence-corrected chi connectivity index (χ3v) is 3.88. The smallest absolute Gasteiger partial charge is 0.249 e. The van der Waals surface area contributed by atoms with E-state index in [-0.39, 0.29) is 0 Å². The van der Waals surface area contributed by atoms with Crippen LogP contribution < -0.4 is 5.73 Å². The minimum absolute atomic E-state index is 0.414. The molecule has 0 saturated carbocycles. The third kappa shape index (κ3) is 2.77. The highest BCUT2D eigenvalue weighted by Gasteiger charge is 2.12. The molecule has 0 radical (unpaired) electrons. The number of carbonyl (C=O) groups excluding carboxylic acids is 1. The van der Waals surface area contributed by atoms with Crippen LogP contribution in [0.25, 0.3) is 22.2 Å². The van der Waals surface area contributed by atoms with E-state index in [2.05, 4.69) is 20.9 Å². The Balaban J connectivity index is 2.31. The van der Waals surface area contributed by atoms with Gasteiger partial charge in [0.15, 0.2) is 0 Å². The number of nitrogens with two attached hydrogens (primary N) is 1. The number of aromatic nitrogens is 1. The molecule has 0 fully saturated rings. The molecule has 0 spiro atoms. The fourth-order valence-corrected chi connectivity index (χ4v) is 2.77. The first-order chi connectivity index (χ1) is 10.0. The molecule has 0 aliphatic carbocycles. The summed E-state index contributed by atoms with van der Waals surface area (Å²) in [5.41, 5.74) is 8.19. The van der Waals surface area contributed by atoms with Crippen molar-refractivity contribution < 1.29 is 4.79 Å². The van der Waals surface area contributed by atoms with E-state index in [9.17, 15) is 4.79 Å². The van der Waals surface area contributed by atoms with Crippen LogP contribution in [0.3, 0.4) is 0 Å². The summed E-state index contributed by atoms with van der Waals surface area (Å²) in [6.45, 7) is 0. The van der Waals surface area contributed by atoms with Gasteiger partial charge in [-0.3, -0.25) is 4.79 Å². The van der Waals surface area contributed by atoms with Crippen molar-refractivity contribution in [2.24, 2.45) is 5.73 Å². The molecule has 1 heterocycles. The molecule has 1 aromatic heterocycles. The Bertz CT molecular complexity index is 864. The predicted octanol–water partition coefficient (Wildman–Crippen LogP) is 4.42. The molecule has 2 N–H and O–H groups in total. The molecule has 5 heteroatoms. The van der Waals surface area contributed by atoms with Crippen LogP contribution in [0.15, 0.2) is 53.0 Å². The van der Waals surface area contributed by atoms with E-state index in [4.69, 9.17) is 17.3 Å². The highest BCUT2D eigenvalue weighted by atomic mass is 79.9. The van der Waals surface area contributed by atoms with Crippen molar-refractivity contribution in [3.63, 3.8) is 0 Å². The van der Waals surface area contributed by atoms with Crippen LogP contribution in [-0.4, -0.2) is 10.9 Å². The number of amides is 1. The Morgan fingerprint density at radius 3 is 2.67 bits per heavy atom. The number of benzene rings is 2. The average Bonchev–Trinajstić information content (AvgIpc) is 2.46. The van der Waals surface area contributed by atoms with Gasteiger partial charge >= 0.3 is 0 Å². The van der Waals surface area contributed by atoms with Gasteiger partial charge in [-0.15, -0.1) is 0 Å². The second kappa shape index (κ2) is 5.47. The Kier molecular flexibility index (Phi) is 3.66. The van der Waals surface area contributed by atoms with E-state index in [0.29, 0.717) is 27.2 Å². The van der Waals surface area contributed by atoms with E-state index < -0.39 is 5.91 Å². The van der Waals surface area contributed by atoms with Crippen molar-refractivity contribution >= 4 is 44.3 Å². The topological polar surface area (TPSA) is 56.0 Å². The minimum atomic E-state index is -0.499. The van der Waals surface area contributed by atoms with Crippen molar-refractivity contribution in [1.29, 1.82) is 0 Å². The number of hydrogen-bond acceptors (Lipinski definition) is 2. The molecule has 3 nitrogen and oxygen atoms in total. The standard InChI is InChI=1S/C16H10BrClN2O/c17-10-3-1-2-9(6-10)15-8-13(16(19)21)12-7-11(18)4-5-14(12)20-15/h1-8H,(H2,19,21). The minimum Gasteiger partial charge on any atom is -0.366 e. The lowest BCUT2D eigenvalue weighted by molar-refractivity contribution is 0.100. The number of fused-ring (bicyclic) bond motifs is 1. The zero-order valence-corrected chi connectivity index (χ0v) is 13.1. The Hall–Kier alpha value is -1.91. The first kappa shape index (κ1) is 14.0. The van der Waals surface area contributed by atoms with Gasteiger partial charge in [0, 0.05) is 20.4 Å². The molecule has 0 saturated heterocycles. The molecule has 3 rings (SSSR count). The normalized spacial score (nSPS) is 10.8. The van der Waals surface area contributed by atoms with Gasteiger partial charge in [-0.05, 0) is 36.4 Å². The Morgan fingerprint density at radius 2 is 1.95 bits per heavy atom. The molecular weight excluding hydrogens is 352 g/mol. The largest absolute Gasteiger partial charge is 0.366 e. The predicted molar refractivity (Wildman–Crippen MR) is 88.4 cm³/mol. The number of hydrogen-bond donors (Lipinski definition) is 1. The van der Waals surface area contributed by atoms with E-state index in [1.54, 1.807) is 24.3 Å². The number of rotatable bonds is 2. The van der Waals surface area contributed by atoms with Gasteiger partial charge in [-0.2, -0.15) is 0 Å². The number of halogens is 2. The molecule has 0 bridgehead atoms. The highest BCUT2D eigenvalue weighted by molar-refractivity contribution is 9.10. The SMILES string of the molecule is NC(=O)c1cc(-c2cccc(Br)c2)nc2ccc(Cl)cc12. The second-order valence-corrected chi connectivity index (χ2v) is 5.94. The summed E-state index contributed by atoms with van der Waals surface area (Å²) >= 11 is 9.42. The zero-order valence-electron chi connectivity index (χ0n) is 10.8. The lowest BCUT2D eigenvalue weighted by Gasteiger charge is -2.08. The maximum Gasteiger partial charge on any atom is 0.249 e. The van der Waals surface area contributed by atoms with Gasteiger partial charge in [0.25, 0.3) is 0 Å². The fraction of sp³-hybridized carbons (Fsp3) is 0. The molecule has 0 atom stereocenters. The van der Waals surface area contributed by atoms with Crippen LogP contribution in [0.5, 0.6) is 0 Å². The molecule has 2 aromatic carbocycles. The quantitative estimate of drug-likeness (QED) is 0.734. The van der Waals surface area contributed by atoms with Crippen molar-refractivity contribution in [3.05, 3.63) is 63.6 Å². The van der Waals surface area contributed by atoms with E-state index in [1.165, 1.54) is 0 Å². The molecule has 0 unspecified atom stereocenters. The molecule has 0 aliphatic heterocycles. The van der Waals surface area contributed by atoms with Crippen LogP contribution in [0.2, 0.25) is 5.02 Å². The second-order valence-electron chi connectivity index (χ2n) is 4.59. The molecule has 3 aromatic rings. The molecule has 21 heavy (non-hydrogen) atoms. The summed E-state index contributed by atoms with van der Waals surface area (Å²) in [6, 6.07) is 14.6. The highest BCUT2D eigenvalue weighted by Crippen LogP contribution is 2.28. The van der Waals surface area contributed by atoms with Crippen LogP contribution in [0.1, 0.15) is 10.4 Å². The van der Waals surface area contributed by atoms with Gasteiger partial charge in [0.1, 0.15) is 0 Å². The summed E-state index contributed by atoms with van der Waals surface area (Å²) in [6.07, 6.45) is 0. The molecule has 0 aliphatic rings. The van der Waals surface area contributed by atoms with Crippen molar-refractivity contribution in [1.82, 2.24) is 4.98 Å². The molecule has 1 amide bonds. The maximum atomic E-state index is 11.7. The van der Waals surface area contributed by atoms with Gasteiger partial charge in [-0.25, -0.2) is 4.98 Å². The van der Waals surface area contributed by atoms with Crippen molar-refractivity contribution in [2.45, 2.75) is 0 Å². The van der Waals surface area contributed by atoms with E-state index in [1.807, 2.05) is 24.3 Å². The molecular formula is C16H10BrClN2O. The zero-order chi connectivity index (χ0) is 15.0. The molecule has 104 valence electrons. The Labute approximate surface area is 134 Å². The lowest BCUT2D eigenvalue weighted by atomic mass is 10.0. The van der Waals surface area contributed by atoms with Crippen LogP contribution in [-0.2, 0) is 0 Å². The third-order valence-electron chi connectivity index (χ3n) is 3.16. The summed E-state index contributed by atoms with van der Waals surface area (Å²) < 4.78 is 0.943.